The lowest BCUT2D eigenvalue weighted by molar-refractivity contribution is 0.283. The van der Waals surface area contributed by atoms with Gasteiger partial charge in [-0.1, -0.05) is 480 Å². The molecule has 0 aromatic rings. The molecule has 0 saturated heterocycles. The van der Waals surface area contributed by atoms with Crippen LogP contribution in [0.1, 0.15) is 521 Å². The van der Waals surface area contributed by atoms with Crippen molar-refractivity contribution in [1.82, 2.24) is 0 Å². The van der Waals surface area contributed by atoms with Crippen molar-refractivity contribution in [2.45, 2.75) is 480 Å². The van der Waals surface area contributed by atoms with Gasteiger partial charge >= 0.3 is 0 Å². The molecule has 0 aliphatic carbocycles. The predicted octanol–water partition coefficient (Wildman–Crippen LogP) is 34.6. The van der Waals surface area contributed by atoms with Crippen LogP contribution < -0.4 is 0 Å². The largest absolute Gasteiger partial charge is 0.0656 e. The van der Waals surface area contributed by atoms with Gasteiger partial charge in [-0.3, -0.25) is 0 Å². The smallest absolute Gasteiger partial charge is 0.0297 e. The molecule has 0 aliphatic rings. The molecule has 0 aromatic heterocycles. The zero-order valence-electron chi connectivity index (χ0n) is 96.3. The van der Waals surface area contributed by atoms with E-state index in [2.05, 4.69) is 249 Å². The molecule has 0 spiro atoms. The Labute approximate surface area is 588 Å². The Morgan fingerprint density at radius 1 is 0.337 bits per heavy atom. The Kier molecular flexibility index (Phi) is 72.1. The van der Waals surface area contributed by atoms with Crippen LogP contribution in [0.5, 0.6) is 0 Å². The highest BCUT2D eigenvalue weighted by Gasteiger charge is 2.13. The zero-order valence-corrected chi connectivity index (χ0v) is 66.3. The molecule has 0 rings (SSSR count). The van der Waals surface area contributed by atoms with Gasteiger partial charge in [0.15, 0.2) is 0 Å². The molecular weight excluding hydrogens is 997 g/mol. The lowest BCUT2D eigenvalue weighted by atomic mass is 9.84. The highest BCUT2D eigenvalue weighted by atomic mass is 14.2. The van der Waals surface area contributed by atoms with E-state index in [-0.39, 0.29) is 12.8 Å². The summed E-state index contributed by atoms with van der Waals surface area (Å²) >= 11 is 0. The van der Waals surface area contributed by atoms with E-state index < -0.39 is 91.2 Å². The Hall–Kier alpha value is 0. The monoisotopic (exact) mass is 1230 g/mol. The molecular formula is C83H198. The lowest BCUT2D eigenvalue weighted by Crippen LogP contribution is -2.12. The third kappa shape index (κ3) is 428. The molecule has 0 fully saturated rings. The standard InChI is InChI=1S/2C7H16.5C6H14.5C5H12.2C4H10.2C3H8/c1-6(2)7(3,4)5;1-3-5-7-6-4-2;3*1-5-6(2,3)4;1-5(2)6(3)4;1-3-5-6-4-2;1-5(2,3)4;3*1-4-5(2)3;1-3-5-4-2;1-4(2)3;1-3-4-2;2*1-3-2/h6H,1-5H3;3-7H2,1-2H3;3*5H2,1-4H3;5-6H,1-4H3;3-6H2,1-2H3;1-4H3;3*5H,4H2,1-3H3;3-5H2,1-2H3;4H,1-3H3;3-4H2,1-2H3;2*3H2,1-2H3/i;;2D3,3D3,4D3,5D2;2D3,3D3,4D3;;;;;2D3,3D3,5D;;;;;;1D3;. The number of rotatable bonds is 14. The van der Waals surface area contributed by atoms with E-state index >= 15 is 0 Å². The first-order valence-corrected chi connectivity index (χ1v) is 34.4. The topological polar surface area (TPSA) is 0 Å². The highest BCUT2D eigenvalue weighted by Crippen LogP contribution is 2.23. The van der Waals surface area contributed by atoms with Crippen molar-refractivity contribution in [1.29, 1.82) is 0 Å². The van der Waals surface area contributed by atoms with Gasteiger partial charge in [-0.2, -0.15) is 0 Å². The van der Waals surface area contributed by atoms with E-state index in [4.69, 9.17) is 41.1 Å². The van der Waals surface area contributed by atoms with Crippen LogP contribution in [0.25, 0.3) is 0 Å². The Morgan fingerprint density at radius 2 is 0.554 bits per heavy atom. The SMILES string of the molecule is CC(C)(C)C.CC(C)C.CC(C)C(C)(C)C.CC(C)C(C)C.CCC.CCC(C)(C)C.CCC(C)C.CCC(C)C.CCCC.CCCCC.CCCCCC.CCCCCCC.[2H]C([2H])([2H])C(C([2H])([2H])[2H])(C([2H])([2H])[2H])C([2H])([2H])C.[2H]C([2H])([2H])C(CC)(C([2H])([2H])[2H])C([2H])([2H])[2H].[2H]C([2H])([2H])C([2H])(CC)C([2H])([2H])[2H].[2H]C([2H])([2H])CC. The molecule has 0 aliphatic heterocycles. The summed E-state index contributed by atoms with van der Waals surface area (Å²) in [5.41, 5.74) is -4.52. The summed E-state index contributed by atoms with van der Waals surface area (Å²) in [7, 11) is 0. The molecule has 0 heteroatoms. The van der Waals surface area contributed by atoms with Crippen LogP contribution in [0.3, 0.4) is 0 Å². The first kappa shape index (κ1) is 59.3. The normalized spacial score (nSPS) is 17.1. The minimum atomic E-state index is -3.48. The molecule has 0 saturated carbocycles. The fourth-order valence-corrected chi connectivity index (χ4v) is 1.53. The molecule has 0 N–H and O–H groups in total. The summed E-state index contributed by atoms with van der Waals surface area (Å²) in [5, 5.41) is 0. The molecule has 0 aromatic carbocycles. The minimum Gasteiger partial charge on any atom is -0.0656 e. The van der Waals surface area contributed by atoms with E-state index in [1.54, 1.807) is 6.92 Å². The van der Waals surface area contributed by atoms with Gasteiger partial charge in [0.05, 0.1) is 0 Å². The summed E-state index contributed by atoms with van der Waals surface area (Å²) in [5.74, 6) is 2.77. The van der Waals surface area contributed by atoms with Gasteiger partial charge < -0.3 is 0 Å². The van der Waals surface area contributed by atoms with Gasteiger partial charge in [0.25, 0.3) is 0 Å². The van der Waals surface area contributed by atoms with E-state index in [9.17, 15) is 0 Å². The van der Waals surface area contributed by atoms with Crippen LogP contribution in [0.2, 0.25) is 0 Å². The van der Waals surface area contributed by atoms with E-state index in [0.29, 0.717) is 23.2 Å². The second kappa shape index (κ2) is 101. The maximum Gasteiger partial charge on any atom is 0.0297 e. The van der Waals surface area contributed by atoms with Gasteiger partial charge in [0.2, 0.25) is 0 Å². The summed E-state index contributed by atoms with van der Waals surface area (Å²) in [6.07, 6.45) is 21.1. The maximum absolute atomic E-state index is 7.39. The summed E-state index contributed by atoms with van der Waals surface area (Å²) in [6.45, 7) is 57.9. The molecule has 0 radical (unpaired) electrons. The van der Waals surface area contributed by atoms with Crippen molar-refractivity contribution in [3.63, 3.8) is 0 Å². The Bertz CT molecular complexity index is 1700. The molecule has 0 unspecified atom stereocenters. The Morgan fingerprint density at radius 3 is 0.590 bits per heavy atom. The maximum atomic E-state index is 7.39. The van der Waals surface area contributed by atoms with Crippen LogP contribution in [-0.2, 0) is 0 Å². The summed E-state index contributed by atoms with van der Waals surface area (Å²) in [6, 6.07) is 0. The second-order valence-corrected chi connectivity index (χ2v) is 27.5. The van der Waals surface area contributed by atoms with E-state index in [0.717, 1.165) is 35.5 Å². The quantitative estimate of drug-likeness (QED) is 0.152. The molecule has 0 atom stereocenters. The lowest BCUT2D eigenvalue weighted by Gasteiger charge is -2.22. The number of hydrogen-bond acceptors (Lipinski definition) is 0. The molecule has 0 heterocycles. The van der Waals surface area contributed by atoms with Gasteiger partial charge in [-0.25, -0.2) is 0 Å². The van der Waals surface area contributed by atoms with Crippen molar-refractivity contribution in [2.24, 2.45) is 68.5 Å². The van der Waals surface area contributed by atoms with Crippen LogP contribution in [-0.4, -0.2) is 0 Å². The van der Waals surface area contributed by atoms with E-state index in [1.807, 2.05) is 0 Å². The molecule has 530 valence electrons. The van der Waals surface area contributed by atoms with Crippen LogP contribution in [0, 0.1) is 68.5 Å². The van der Waals surface area contributed by atoms with Gasteiger partial charge in [0, 0.05) is 41.1 Å². The van der Waals surface area contributed by atoms with Crippen molar-refractivity contribution in [3.8, 4) is 0 Å². The average molecular weight is 1230 g/mol. The fourth-order valence-electron chi connectivity index (χ4n) is 1.53. The first-order valence-electron chi connectivity index (χ1n) is 49.4. The van der Waals surface area contributed by atoms with Crippen LogP contribution in [0.15, 0.2) is 0 Å². The first-order chi connectivity index (χ1) is 49.4. The van der Waals surface area contributed by atoms with Crippen molar-refractivity contribution < 1.29 is 41.1 Å². The zero-order chi connectivity index (χ0) is 96.3. The summed E-state index contributed by atoms with van der Waals surface area (Å²) < 4.78 is 212. The third-order valence-corrected chi connectivity index (χ3v) is 10.4. The minimum absolute atomic E-state index is 0.208. The molecule has 83 heavy (non-hydrogen) atoms. The molecule has 0 bridgehead atoms. The third-order valence-electron chi connectivity index (χ3n) is 10.4. The molecule has 0 nitrogen and oxygen atoms in total. The van der Waals surface area contributed by atoms with Crippen molar-refractivity contribution in [2.75, 3.05) is 0 Å². The number of hydrogen-bond donors (Lipinski definition) is 0. The Balaban J connectivity index is -0.0000000651. The van der Waals surface area contributed by atoms with Gasteiger partial charge in [-0.05, 0) is 68.5 Å². The highest BCUT2D eigenvalue weighted by molar-refractivity contribution is 4.64. The van der Waals surface area contributed by atoms with Gasteiger partial charge in [0.1, 0.15) is 0 Å². The van der Waals surface area contributed by atoms with Crippen LogP contribution >= 0.6 is 0 Å². The van der Waals surface area contributed by atoms with E-state index in [1.165, 1.54) is 129 Å². The average Bonchev–Trinajstić information content (AvgIpc) is 0.562. The van der Waals surface area contributed by atoms with Gasteiger partial charge in [-0.15, -0.1) is 0 Å². The second-order valence-electron chi connectivity index (χ2n) is 27.5. The fraction of sp³-hybridized carbons (Fsp3) is 1.00. The van der Waals surface area contributed by atoms with Crippen molar-refractivity contribution >= 4 is 0 Å². The van der Waals surface area contributed by atoms with Crippen molar-refractivity contribution in [3.05, 3.63) is 0 Å². The number of unbranched alkanes of at least 4 members (excludes halogenated alkanes) is 10. The predicted molar refractivity (Wildman–Crippen MR) is 416 cm³/mol. The molecule has 0 amide bonds. The van der Waals surface area contributed by atoms with Crippen LogP contribution in [0.4, 0.5) is 0 Å². The summed E-state index contributed by atoms with van der Waals surface area (Å²) in [4.78, 5) is 0.